The molecule has 2 heterocycles. The number of hydrogen-bond acceptors (Lipinski definition) is 5. The zero-order chi connectivity index (χ0) is 23.4. The summed E-state index contributed by atoms with van der Waals surface area (Å²) in [5.74, 6) is -0.175. The van der Waals surface area contributed by atoms with Gasteiger partial charge < -0.3 is 4.90 Å². The number of thioether (sulfide) groups is 1. The van der Waals surface area contributed by atoms with Crippen molar-refractivity contribution in [1.29, 1.82) is 0 Å². The molecule has 170 valence electrons. The number of hydrogen-bond donors (Lipinski definition) is 0. The third-order valence-corrected chi connectivity index (χ3v) is 5.56. The third kappa shape index (κ3) is 6.32. The quantitative estimate of drug-likeness (QED) is 0.470. The number of pyridine rings is 1. The van der Waals surface area contributed by atoms with Crippen LogP contribution in [0.1, 0.15) is 26.3 Å². The Morgan fingerprint density at radius 1 is 1.03 bits per heavy atom. The van der Waals surface area contributed by atoms with Gasteiger partial charge in [-0.15, -0.1) is 10.2 Å². The maximum Gasteiger partial charge on any atom is 0.406 e. The molecule has 0 aliphatic carbocycles. The summed E-state index contributed by atoms with van der Waals surface area (Å²) in [6.07, 6.45) is -1.51. The van der Waals surface area contributed by atoms with Crippen molar-refractivity contribution in [2.45, 2.75) is 50.7 Å². The number of carbonyl (C=O) groups is 1. The van der Waals surface area contributed by atoms with E-state index in [1.807, 2.05) is 51.1 Å². The first-order valence-corrected chi connectivity index (χ1v) is 10.9. The van der Waals surface area contributed by atoms with Crippen molar-refractivity contribution in [2.24, 2.45) is 0 Å². The highest BCUT2D eigenvalue weighted by Crippen LogP contribution is 2.29. The molecule has 3 rings (SSSR count). The molecule has 32 heavy (non-hydrogen) atoms. The summed E-state index contributed by atoms with van der Waals surface area (Å²) in [7, 11) is 0. The molecular formula is C22H24F3N5OS. The summed E-state index contributed by atoms with van der Waals surface area (Å²) >= 11 is 0.949. The smallest absolute Gasteiger partial charge is 0.333 e. The van der Waals surface area contributed by atoms with E-state index in [0.717, 1.165) is 21.9 Å². The van der Waals surface area contributed by atoms with Crippen LogP contribution in [0.2, 0.25) is 0 Å². The average Bonchev–Trinajstić information content (AvgIpc) is 3.11. The Labute approximate surface area is 188 Å². The molecule has 0 atom stereocenters. The number of benzene rings is 1. The number of aromatic nitrogens is 4. The van der Waals surface area contributed by atoms with E-state index in [-0.39, 0.29) is 22.6 Å². The largest absolute Gasteiger partial charge is 0.406 e. The monoisotopic (exact) mass is 463 g/mol. The SMILES string of the molecule is CC(C)(C)N(Cc1ccccc1)C(=O)CSc1nnc(-c2ccncc2)n1CC(F)(F)F. The number of alkyl halides is 3. The Kier molecular flexibility index (Phi) is 7.22. The lowest BCUT2D eigenvalue weighted by Gasteiger charge is -2.36. The second-order valence-electron chi connectivity index (χ2n) is 8.17. The molecule has 1 amide bonds. The van der Waals surface area contributed by atoms with Crippen LogP contribution < -0.4 is 0 Å². The Balaban J connectivity index is 1.81. The summed E-state index contributed by atoms with van der Waals surface area (Å²) in [4.78, 5) is 18.7. The summed E-state index contributed by atoms with van der Waals surface area (Å²) < 4.78 is 40.7. The molecule has 1 aromatic carbocycles. The Hall–Kier alpha value is -2.88. The number of carbonyl (C=O) groups excluding carboxylic acids is 1. The van der Waals surface area contributed by atoms with Gasteiger partial charge in [-0.2, -0.15) is 13.2 Å². The van der Waals surface area contributed by atoms with Gasteiger partial charge in [-0.3, -0.25) is 14.3 Å². The molecule has 0 saturated carbocycles. The van der Waals surface area contributed by atoms with Gasteiger partial charge in [-0.25, -0.2) is 0 Å². The minimum absolute atomic E-state index is 0.0380. The molecule has 6 nitrogen and oxygen atoms in total. The molecule has 0 N–H and O–H groups in total. The van der Waals surface area contributed by atoms with E-state index in [1.165, 1.54) is 12.4 Å². The zero-order valence-corrected chi connectivity index (χ0v) is 18.8. The molecule has 3 aromatic rings. The average molecular weight is 464 g/mol. The van der Waals surface area contributed by atoms with E-state index < -0.39 is 18.3 Å². The lowest BCUT2D eigenvalue weighted by molar-refractivity contribution is -0.141. The van der Waals surface area contributed by atoms with Crippen molar-refractivity contribution in [2.75, 3.05) is 5.75 Å². The summed E-state index contributed by atoms with van der Waals surface area (Å²) in [5, 5.41) is 7.93. The van der Waals surface area contributed by atoms with Crippen LogP contribution in [0, 0.1) is 0 Å². The third-order valence-electron chi connectivity index (χ3n) is 4.61. The van der Waals surface area contributed by atoms with Gasteiger partial charge in [-0.05, 0) is 38.5 Å². The summed E-state index contributed by atoms with van der Waals surface area (Å²) in [5.41, 5.74) is 0.978. The van der Waals surface area contributed by atoms with Crippen LogP contribution in [-0.2, 0) is 17.9 Å². The van der Waals surface area contributed by atoms with E-state index in [9.17, 15) is 18.0 Å². The molecular weight excluding hydrogens is 439 g/mol. The molecule has 2 aromatic heterocycles. The highest BCUT2D eigenvalue weighted by atomic mass is 32.2. The van der Waals surface area contributed by atoms with Gasteiger partial charge >= 0.3 is 6.18 Å². The number of rotatable bonds is 7. The zero-order valence-electron chi connectivity index (χ0n) is 18.0. The first-order chi connectivity index (χ1) is 15.0. The fourth-order valence-electron chi connectivity index (χ4n) is 3.10. The summed E-state index contributed by atoms with van der Waals surface area (Å²) in [6, 6.07) is 12.7. The molecule has 0 aliphatic rings. The molecule has 0 spiro atoms. The van der Waals surface area contributed by atoms with E-state index in [1.54, 1.807) is 17.0 Å². The normalized spacial score (nSPS) is 12.1. The van der Waals surface area contributed by atoms with Crippen LogP contribution in [0.15, 0.2) is 60.0 Å². The highest BCUT2D eigenvalue weighted by molar-refractivity contribution is 7.99. The fraction of sp³-hybridized carbons (Fsp3) is 0.364. The van der Waals surface area contributed by atoms with Crippen LogP contribution in [-0.4, -0.2) is 48.0 Å². The standard InChI is InChI=1S/C22H24F3N5OS/c1-21(2,3)30(13-16-7-5-4-6-8-16)18(31)14-32-20-28-27-19(17-9-11-26-12-10-17)29(20)15-22(23,24)25/h4-12H,13-15H2,1-3H3. The maximum absolute atomic E-state index is 13.2. The summed E-state index contributed by atoms with van der Waals surface area (Å²) in [6.45, 7) is 4.92. The van der Waals surface area contributed by atoms with E-state index in [4.69, 9.17) is 0 Å². The Morgan fingerprint density at radius 2 is 1.69 bits per heavy atom. The number of amides is 1. The Bertz CT molecular complexity index is 1030. The fourth-order valence-corrected chi connectivity index (χ4v) is 3.92. The van der Waals surface area contributed by atoms with Gasteiger partial charge in [0.05, 0.1) is 5.75 Å². The van der Waals surface area contributed by atoms with E-state index >= 15 is 0 Å². The van der Waals surface area contributed by atoms with Crippen LogP contribution in [0.25, 0.3) is 11.4 Å². The van der Waals surface area contributed by atoms with Crippen molar-refractivity contribution in [3.8, 4) is 11.4 Å². The first-order valence-electron chi connectivity index (χ1n) is 9.92. The van der Waals surface area contributed by atoms with Crippen molar-refractivity contribution in [1.82, 2.24) is 24.6 Å². The molecule has 0 unspecified atom stereocenters. The van der Waals surface area contributed by atoms with Crippen molar-refractivity contribution >= 4 is 17.7 Å². The van der Waals surface area contributed by atoms with Crippen molar-refractivity contribution in [3.63, 3.8) is 0 Å². The van der Waals surface area contributed by atoms with Crippen LogP contribution >= 0.6 is 11.8 Å². The number of halogens is 3. The van der Waals surface area contributed by atoms with Crippen LogP contribution in [0.3, 0.4) is 0 Å². The second kappa shape index (κ2) is 9.72. The first kappa shape index (κ1) is 23.8. The predicted octanol–water partition coefficient (Wildman–Crippen LogP) is 4.82. The molecule has 0 saturated heterocycles. The van der Waals surface area contributed by atoms with Gasteiger partial charge in [0.25, 0.3) is 0 Å². The van der Waals surface area contributed by atoms with E-state index in [2.05, 4.69) is 15.2 Å². The van der Waals surface area contributed by atoms with Gasteiger partial charge in [-0.1, -0.05) is 42.1 Å². The minimum atomic E-state index is -4.46. The maximum atomic E-state index is 13.2. The minimum Gasteiger partial charge on any atom is -0.333 e. The van der Waals surface area contributed by atoms with Gasteiger partial charge in [0, 0.05) is 30.0 Å². The second-order valence-corrected chi connectivity index (χ2v) is 9.11. The predicted molar refractivity (Wildman–Crippen MR) is 117 cm³/mol. The van der Waals surface area contributed by atoms with Crippen molar-refractivity contribution in [3.05, 3.63) is 60.4 Å². The highest BCUT2D eigenvalue weighted by Gasteiger charge is 2.32. The molecule has 0 radical (unpaired) electrons. The molecule has 0 fully saturated rings. The molecule has 0 bridgehead atoms. The number of nitrogens with zero attached hydrogens (tertiary/aromatic N) is 5. The van der Waals surface area contributed by atoms with Crippen molar-refractivity contribution < 1.29 is 18.0 Å². The Morgan fingerprint density at radius 3 is 2.28 bits per heavy atom. The molecule has 0 aliphatic heterocycles. The topological polar surface area (TPSA) is 63.9 Å². The van der Waals surface area contributed by atoms with Gasteiger partial charge in [0.15, 0.2) is 11.0 Å². The van der Waals surface area contributed by atoms with Crippen LogP contribution in [0.4, 0.5) is 13.2 Å². The van der Waals surface area contributed by atoms with E-state index in [0.29, 0.717) is 12.1 Å². The van der Waals surface area contributed by atoms with Crippen LogP contribution in [0.5, 0.6) is 0 Å². The molecule has 10 heteroatoms. The lowest BCUT2D eigenvalue weighted by atomic mass is 10.0. The lowest BCUT2D eigenvalue weighted by Crippen LogP contribution is -2.46. The van der Waals surface area contributed by atoms with Gasteiger partial charge in [0.2, 0.25) is 5.91 Å². The van der Waals surface area contributed by atoms with Gasteiger partial charge in [0.1, 0.15) is 6.54 Å².